The average molecular weight is 963 g/mol. The predicted molar refractivity (Wildman–Crippen MR) is 254 cm³/mol. The van der Waals surface area contributed by atoms with Crippen LogP contribution in [0.3, 0.4) is 0 Å². The highest BCUT2D eigenvalue weighted by Crippen LogP contribution is 2.14. The van der Waals surface area contributed by atoms with Crippen LogP contribution in [0, 0.1) is 20.8 Å². The van der Waals surface area contributed by atoms with Crippen molar-refractivity contribution in [3.8, 4) is 0 Å². The number of carbonyl (C=O) groups is 8. The number of hydrogen-bond donors (Lipinski definition) is 5. The largest absolute Gasteiger partial charge is 0.480 e. The molecule has 0 aliphatic carbocycles. The number of piperazine rings is 3. The Hall–Kier alpha value is -7.43. The Labute approximate surface area is 402 Å². The fraction of sp³-hybridized carbons (Fsp3) is 0.500. The van der Waals surface area contributed by atoms with Crippen LogP contribution >= 0.6 is 0 Å². The lowest BCUT2D eigenvalue weighted by Crippen LogP contribution is -2.54. The van der Waals surface area contributed by atoms with Gasteiger partial charge in [-0.15, -0.1) is 0 Å². The Bertz CT molecular complexity index is 2210. The van der Waals surface area contributed by atoms with Crippen LogP contribution in [0.5, 0.6) is 0 Å². The third-order valence-corrected chi connectivity index (χ3v) is 9.42. The summed E-state index contributed by atoms with van der Waals surface area (Å²) in [7, 11) is 0. The number of carbonyl (C=O) groups excluding carboxylic acids is 7. The van der Waals surface area contributed by atoms with Gasteiger partial charge in [-0.2, -0.15) is 0 Å². The quantitative estimate of drug-likeness (QED) is 0.216. The number of carboxylic acid groups (broad SMARTS) is 1. The predicted octanol–water partition coefficient (Wildman–Crippen LogP) is 2.29. The number of nitrogens with one attached hydrogen (secondary N) is 3. The molecular formula is C46H66N12O11. The molecule has 6 rings (SSSR count). The molecular weight excluding hydrogens is 897 g/mol. The van der Waals surface area contributed by atoms with Gasteiger partial charge in [-0.05, 0) is 97.2 Å². The van der Waals surface area contributed by atoms with E-state index in [-0.39, 0.29) is 81.9 Å². The monoisotopic (exact) mass is 962 g/mol. The minimum absolute atomic E-state index is 0.0479. The van der Waals surface area contributed by atoms with E-state index < -0.39 is 29.4 Å². The minimum atomic E-state index is -1.06. The third kappa shape index (κ3) is 21.8. The smallest absolute Gasteiger partial charge is 0.410 e. The lowest BCUT2D eigenvalue weighted by atomic mass is 10.2. The van der Waals surface area contributed by atoms with E-state index in [2.05, 4.69) is 30.9 Å². The van der Waals surface area contributed by atoms with E-state index in [0.717, 1.165) is 23.2 Å². The van der Waals surface area contributed by atoms with E-state index in [9.17, 15) is 38.4 Å². The number of aliphatic carboxylic acids is 1. The van der Waals surface area contributed by atoms with Gasteiger partial charge in [-0.3, -0.25) is 38.6 Å². The van der Waals surface area contributed by atoms with Crippen LogP contribution < -0.4 is 21.7 Å². The summed E-state index contributed by atoms with van der Waals surface area (Å²) in [5, 5.41) is 16.9. The number of ether oxygens (including phenoxy) is 2. The molecule has 0 unspecified atom stereocenters. The topological polar surface area (TPSA) is 292 Å². The number of carboxylic acids is 1. The molecule has 6 N–H and O–H groups in total. The van der Waals surface area contributed by atoms with Gasteiger partial charge in [0, 0.05) is 57.9 Å². The number of nitrogens with two attached hydrogens (primary N) is 1. The minimum Gasteiger partial charge on any atom is -0.480 e. The summed E-state index contributed by atoms with van der Waals surface area (Å²) in [6.45, 7) is 18.5. The van der Waals surface area contributed by atoms with Gasteiger partial charge in [0.05, 0.1) is 13.1 Å². The zero-order chi connectivity index (χ0) is 51.5. The zero-order valence-electron chi connectivity index (χ0n) is 40.9. The molecule has 0 spiro atoms. The van der Waals surface area contributed by atoms with Crippen molar-refractivity contribution in [2.75, 3.05) is 94.9 Å². The number of amides is 7. The normalized spacial score (nSPS) is 15.0. The van der Waals surface area contributed by atoms with Crippen molar-refractivity contribution >= 4 is 65.1 Å². The molecule has 6 heterocycles. The number of anilines is 3. The van der Waals surface area contributed by atoms with Crippen LogP contribution in [-0.4, -0.2) is 182 Å². The van der Waals surface area contributed by atoms with Crippen molar-refractivity contribution in [2.45, 2.75) is 73.5 Å². The van der Waals surface area contributed by atoms with Gasteiger partial charge < -0.3 is 51.0 Å². The second kappa shape index (κ2) is 26.2. The highest BCUT2D eigenvalue weighted by Gasteiger charge is 2.32. The fourth-order valence-electron chi connectivity index (χ4n) is 5.97. The lowest BCUT2D eigenvalue weighted by molar-refractivity contribution is -0.146. The molecule has 69 heavy (non-hydrogen) atoms. The van der Waals surface area contributed by atoms with Crippen molar-refractivity contribution < 1.29 is 52.9 Å². The fourth-order valence-corrected chi connectivity index (χ4v) is 5.97. The maximum absolute atomic E-state index is 12.2. The molecule has 3 saturated heterocycles. The molecule has 0 bridgehead atoms. The molecule has 3 aromatic heterocycles. The summed E-state index contributed by atoms with van der Waals surface area (Å²) in [5.41, 5.74) is 7.25. The number of hydrogen-bond acceptors (Lipinski definition) is 15. The van der Waals surface area contributed by atoms with Crippen LogP contribution in [0.4, 0.5) is 27.0 Å². The van der Waals surface area contributed by atoms with Gasteiger partial charge in [-0.1, -0.05) is 18.2 Å². The van der Waals surface area contributed by atoms with Crippen molar-refractivity contribution in [3.63, 3.8) is 0 Å². The van der Waals surface area contributed by atoms with E-state index >= 15 is 0 Å². The van der Waals surface area contributed by atoms with E-state index in [1.807, 2.05) is 39.0 Å². The lowest BCUT2D eigenvalue weighted by Gasteiger charge is -2.34. The van der Waals surface area contributed by atoms with Gasteiger partial charge in [0.2, 0.25) is 29.5 Å². The molecule has 0 aromatic carbocycles. The van der Waals surface area contributed by atoms with E-state index in [1.54, 1.807) is 83.2 Å². The Morgan fingerprint density at radius 1 is 0.609 bits per heavy atom. The van der Waals surface area contributed by atoms with Crippen LogP contribution in [0.2, 0.25) is 0 Å². The first-order chi connectivity index (χ1) is 32.3. The SMILES string of the molecule is CC(C)(C)OC(=O)N1CCN(CC(=O)O)C(=O)C1.Cc1ccc(N)nc1.Cc1ccc(NC(=O)CN2CCN(C(=O)OC(C)(C)C)CC2=O)nc1.Cc1ccc(NC(=O)CN2CCNCC2=O)nc1. The van der Waals surface area contributed by atoms with Gasteiger partial charge in [0.15, 0.2) is 0 Å². The molecule has 0 atom stereocenters. The Balaban J connectivity index is 0.000000257. The summed E-state index contributed by atoms with van der Waals surface area (Å²) in [5.74, 6) is -0.794. The number of aryl methyl sites for hydroxylation is 3. The van der Waals surface area contributed by atoms with Gasteiger partial charge in [-0.25, -0.2) is 24.5 Å². The summed E-state index contributed by atoms with van der Waals surface area (Å²) in [6.07, 6.45) is 4.01. The average Bonchev–Trinajstić information content (AvgIpc) is 3.25. The molecule has 376 valence electrons. The number of pyridine rings is 3. The molecule has 0 saturated carbocycles. The van der Waals surface area contributed by atoms with Crippen LogP contribution in [0.1, 0.15) is 58.2 Å². The van der Waals surface area contributed by atoms with Gasteiger partial charge >= 0.3 is 18.2 Å². The molecule has 3 aliphatic rings. The first-order valence-electron chi connectivity index (χ1n) is 22.1. The summed E-state index contributed by atoms with van der Waals surface area (Å²) in [4.78, 5) is 112. The van der Waals surface area contributed by atoms with Gasteiger partial charge in [0.1, 0.15) is 54.8 Å². The summed E-state index contributed by atoms with van der Waals surface area (Å²) in [6, 6.07) is 10.9. The molecule has 23 heteroatoms. The standard InChI is InChI=1S/C17H24N4O4.C12H16N4O2.C11H18N2O5.C6H8N2/c1-12-5-6-13(18-9-12)19-14(22)10-20-7-8-21(11-15(20)23)16(24)25-17(2,3)4;1-9-2-3-10(14-6-9)15-11(17)8-16-5-4-13-7-12(16)18;1-11(2,3)18-10(17)13-5-4-12(7-9(15)16)8(14)6-13;1-5-2-3-6(7)8-4-5/h5-6,9H,7-8,10-11H2,1-4H3,(H,18,19,22);2-3,6,13H,4-5,7-8H2,1H3,(H,14,15,17);4-7H2,1-3H3,(H,15,16);2-4H,1H3,(H2,7,8). The Morgan fingerprint density at radius 2 is 1.01 bits per heavy atom. The van der Waals surface area contributed by atoms with Crippen molar-refractivity contribution in [2.24, 2.45) is 0 Å². The Kier molecular flexibility index (Phi) is 21.2. The second-order valence-electron chi connectivity index (χ2n) is 18.1. The molecule has 7 amide bonds. The molecule has 0 radical (unpaired) electrons. The molecule has 23 nitrogen and oxygen atoms in total. The number of nitrogen functional groups attached to an aromatic ring is 1. The van der Waals surface area contributed by atoms with Crippen LogP contribution in [0.25, 0.3) is 0 Å². The van der Waals surface area contributed by atoms with E-state index in [0.29, 0.717) is 37.1 Å². The summed E-state index contributed by atoms with van der Waals surface area (Å²) < 4.78 is 10.4. The second-order valence-corrected chi connectivity index (χ2v) is 18.1. The third-order valence-electron chi connectivity index (χ3n) is 9.42. The van der Waals surface area contributed by atoms with E-state index in [1.165, 1.54) is 19.6 Å². The highest BCUT2D eigenvalue weighted by atomic mass is 16.6. The van der Waals surface area contributed by atoms with E-state index in [4.69, 9.17) is 20.3 Å². The molecule has 3 aliphatic heterocycles. The maximum Gasteiger partial charge on any atom is 0.410 e. The highest BCUT2D eigenvalue weighted by molar-refractivity contribution is 5.95. The first-order valence-corrected chi connectivity index (χ1v) is 22.1. The van der Waals surface area contributed by atoms with Crippen molar-refractivity contribution in [1.82, 2.24) is 44.8 Å². The molecule has 3 fully saturated rings. The molecule has 3 aromatic rings. The first kappa shape index (κ1) is 55.9. The zero-order valence-corrected chi connectivity index (χ0v) is 40.9. The Morgan fingerprint density at radius 3 is 1.35 bits per heavy atom. The van der Waals surface area contributed by atoms with Crippen molar-refractivity contribution in [3.05, 3.63) is 71.7 Å². The summed E-state index contributed by atoms with van der Waals surface area (Å²) >= 11 is 0. The number of aromatic nitrogens is 3. The van der Waals surface area contributed by atoms with Crippen LogP contribution in [0.15, 0.2) is 55.0 Å². The van der Waals surface area contributed by atoms with Crippen LogP contribution in [-0.2, 0) is 38.2 Å². The number of rotatable bonds is 8. The number of nitrogens with zero attached hydrogens (tertiary/aromatic N) is 8. The van der Waals surface area contributed by atoms with Gasteiger partial charge in [0.25, 0.3) is 0 Å². The van der Waals surface area contributed by atoms with Crippen molar-refractivity contribution in [1.29, 1.82) is 0 Å². The maximum atomic E-state index is 12.2.